The number of nitrogens with zero attached hydrogens (tertiary/aromatic N) is 2. The molecule has 24 heavy (non-hydrogen) atoms. The molecule has 1 aliphatic rings. The van der Waals surface area contributed by atoms with Crippen LogP contribution in [-0.4, -0.2) is 34.3 Å². The minimum absolute atomic E-state index is 0.00554. The molecule has 126 valence electrons. The van der Waals surface area contributed by atoms with Crippen molar-refractivity contribution < 1.29 is 14.3 Å². The van der Waals surface area contributed by atoms with E-state index < -0.39 is 5.97 Å². The average Bonchev–Trinajstić information content (AvgIpc) is 3.10. The second-order valence-electron chi connectivity index (χ2n) is 6.33. The van der Waals surface area contributed by atoms with Crippen LogP contribution in [0.5, 0.6) is 0 Å². The van der Waals surface area contributed by atoms with Crippen molar-refractivity contribution in [2.24, 2.45) is 0 Å². The Morgan fingerprint density at radius 3 is 2.58 bits per heavy atom. The number of carbonyl (C=O) groups excluding carboxylic acids is 2. The molecule has 0 spiro atoms. The number of rotatable bonds is 4. The van der Waals surface area contributed by atoms with Crippen LogP contribution >= 0.6 is 0 Å². The summed E-state index contributed by atoms with van der Waals surface area (Å²) in [6, 6.07) is 7.76. The summed E-state index contributed by atoms with van der Waals surface area (Å²) in [6.45, 7) is 6.14. The number of benzene rings is 1. The second-order valence-corrected chi connectivity index (χ2v) is 6.33. The molecule has 1 atom stereocenters. The molecule has 0 aliphatic carbocycles. The van der Waals surface area contributed by atoms with E-state index in [1.807, 2.05) is 32.9 Å². The molecule has 1 aromatic carbocycles. The monoisotopic (exact) mass is 327 g/mol. The van der Waals surface area contributed by atoms with Gasteiger partial charge in [0.2, 0.25) is 5.91 Å². The molecule has 0 saturated carbocycles. The summed E-state index contributed by atoms with van der Waals surface area (Å²) in [5, 5.41) is 7.15. The maximum absolute atomic E-state index is 12.2. The van der Waals surface area contributed by atoms with Crippen molar-refractivity contribution in [1.29, 1.82) is 0 Å². The van der Waals surface area contributed by atoms with Gasteiger partial charge in [-0.2, -0.15) is 5.10 Å². The lowest BCUT2D eigenvalue weighted by Crippen LogP contribution is -2.30. The summed E-state index contributed by atoms with van der Waals surface area (Å²) < 4.78 is 7.03. The van der Waals surface area contributed by atoms with E-state index in [0.717, 1.165) is 22.5 Å². The van der Waals surface area contributed by atoms with Crippen LogP contribution < -0.4 is 5.32 Å². The quantitative estimate of drug-likeness (QED) is 0.874. The first-order valence-corrected chi connectivity index (χ1v) is 8.04. The maximum atomic E-state index is 12.2. The molecule has 0 bridgehead atoms. The Labute approximate surface area is 140 Å². The van der Waals surface area contributed by atoms with Crippen LogP contribution in [-0.2, 0) is 9.53 Å². The van der Waals surface area contributed by atoms with E-state index in [1.165, 1.54) is 0 Å². The van der Waals surface area contributed by atoms with Crippen LogP contribution in [0.25, 0.3) is 5.69 Å². The van der Waals surface area contributed by atoms with Gasteiger partial charge < -0.3 is 10.1 Å². The molecule has 3 rings (SSSR count). The Balaban J connectivity index is 1.73. The van der Waals surface area contributed by atoms with E-state index in [1.54, 1.807) is 10.7 Å². The van der Waals surface area contributed by atoms with Gasteiger partial charge in [0.25, 0.3) is 0 Å². The smallest absolute Gasteiger partial charge is 0.358 e. The van der Waals surface area contributed by atoms with Gasteiger partial charge in [-0.3, -0.25) is 4.79 Å². The predicted octanol–water partition coefficient (Wildman–Crippen LogP) is 2.23. The van der Waals surface area contributed by atoms with Gasteiger partial charge in [0.15, 0.2) is 5.69 Å². The van der Waals surface area contributed by atoms with Gasteiger partial charge >= 0.3 is 5.97 Å². The summed E-state index contributed by atoms with van der Waals surface area (Å²) in [4.78, 5) is 23.4. The van der Waals surface area contributed by atoms with Gasteiger partial charge in [-0.15, -0.1) is 0 Å². The predicted molar refractivity (Wildman–Crippen MR) is 89.2 cm³/mol. The van der Waals surface area contributed by atoms with Crippen LogP contribution in [0.15, 0.2) is 24.3 Å². The highest BCUT2D eigenvalue weighted by Gasteiger charge is 2.23. The topological polar surface area (TPSA) is 73.2 Å². The van der Waals surface area contributed by atoms with Gasteiger partial charge in [-0.1, -0.05) is 6.07 Å². The number of aromatic nitrogens is 2. The summed E-state index contributed by atoms with van der Waals surface area (Å²) in [7, 11) is 0. The van der Waals surface area contributed by atoms with Gasteiger partial charge in [-0.25, -0.2) is 9.48 Å². The van der Waals surface area contributed by atoms with Crippen LogP contribution in [0, 0.1) is 20.8 Å². The van der Waals surface area contributed by atoms with Crippen molar-refractivity contribution in [3.8, 4) is 5.69 Å². The van der Waals surface area contributed by atoms with Crippen LogP contribution in [0.3, 0.4) is 0 Å². The molecule has 2 heterocycles. The van der Waals surface area contributed by atoms with Gasteiger partial charge in [0, 0.05) is 12.1 Å². The molecule has 1 amide bonds. The first-order chi connectivity index (χ1) is 11.4. The molecule has 1 saturated heterocycles. The number of amides is 1. The highest BCUT2D eigenvalue weighted by molar-refractivity contribution is 5.87. The number of hydrogen-bond donors (Lipinski definition) is 1. The molecule has 0 radical (unpaired) electrons. The summed E-state index contributed by atoms with van der Waals surface area (Å²) in [5.41, 5.74) is 4.34. The molecule has 6 heteroatoms. The van der Waals surface area contributed by atoms with Gasteiger partial charge in [0.1, 0.15) is 6.61 Å². The van der Waals surface area contributed by atoms with Crippen molar-refractivity contribution in [1.82, 2.24) is 15.1 Å². The Morgan fingerprint density at radius 1 is 1.25 bits per heavy atom. The van der Waals surface area contributed by atoms with Crippen molar-refractivity contribution in [2.45, 2.75) is 39.7 Å². The van der Waals surface area contributed by atoms with Crippen molar-refractivity contribution in [3.05, 3.63) is 46.8 Å². The largest absolute Gasteiger partial charge is 0.459 e. The Hall–Kier alpha value is -2.63. The maximum Gasteiger partial charge on any atom is 0.358 e. The summed E-state index contributed by atoms with van der Waals surface area (Å²) in [5.74, 6) is -0.464. The number of nitrogens with one attached hydrogen (secondary N) is 1. The minimum atomic E-state index is -0.470. The zero-order chi connectivity index (χ0) is 17.3. The SMILES string of the molecule is Cc1cc(C)cc(-n2nc(C(=O)OCC3CCC(=O)N3)cc2C)c1. The minimum Gasteiger partial charge on any atom is -0.459 e. The third-order valence-electron chi connectivity index (χ3n) is 4.05. The molecule has 1 unspecified atom stereocenters. The lowest BCUT2D eigenvalue weighted by molar-refractivity contribution is -0.119. The highest BCUT2D eigenvalue weighted by atomic mass is 16.5. The number of carbonyl (C=O) groups is 2. The summed E-state index contributed by atoms with van der Waals surface area (Å²) >= 11 is 0. The first-order valence-electron chi connectivity index (χ1n) is 8.04. The molecule has 1 aliphatic heterocycles. The Bertz CT molecular complexity index is 775. The fraction of sp³-hybridized carbons (Fsp3) is 0.389. The normalized spacial score (nSPS) is 17.0. The van der Waals surface area contributed by atoms with Gasteiger partial charge in [0.05, 0.1) is 11.7 Å². The lowest BCUT2D eigenvalue weighted by atomic mass is 10.1. The number of esters is 1. The van der Waals surface area contributed by atoms with Crippen molar-refractivity contribution in [3.63, 3.8) is 0 Å². The van der Waals surface area contributed by atoms with E-state index in [0.29, 0.717) is 12.8 Å². The van der Waals surface area contributed by atoms with E-state index in [4.69, 9.17) is 4.74 Å². The molecule has 1 fully saturated rings. The first kappa shape index (κ1) is 16.2. The lowest BCUT2D eigenvalue weighted by Gasteiger charge is -2.09. The fourth-order valence-electron chi connectivity index (χ4n) is 2.96. The molecule has 1 aromatic heterocycles. The Morgan fingerprint density at radius 2 is 1.96 bits per heavy atom. The van der Waals surface area contributed by atoms with Crippen LogP contribution in [0.4, 0.5) is 0 Å². The van der Waals surface area contributed by atoms with E-state index in [2.05, 4.69) is 16.5 Å². The van der Waals surface area contributed by atoms with E-state index >= 15 is 0 Å². The van der Waals surface area contributed by atoms with E-state index in [-0.39, 0.29) is 24.2 Å². The molecular weight excluding hydrogens is 306 g/mol. The van der Waals surface area contributed by atoms with Crippen LogP contribution in [0.1, 0.15) is 40.2 Å². The Kier molecular flexibility index (Phi) is 4.38. The van der Waals surface area contributed by atoms with Gasteiger partial charge in [-0.05, 0) is 56.5 Å². The number of hydrogen-bond acceptors (Lipinski definition) is 4. The summed E-state index contributed by atoms with van der Waals surface area (Å²) in [6.07, 6.45) is 1.19. The highest BCUT2D eigenvalue weighted by Crippen LogP contribution is 2.17. The second kappa shape index (κ2) is 6.47. The zero-order valence-electron chi connectivity index (χ0n) is 14.1. The standard InChI is InChI=1S/C18H21N3O3/c1-11-6-12(2)8-15(7-11)21-13(3)9-16(20-21)18(23)24-10-14-4-5-17(22)19-14/h6-9,14H,4-5,10H2,1-3H3,(H,19,22). The average molecular weight is 327 g/mol. The third-order valence-corrected chi connectivity index (χ3v) is 4.05. The number of ether oxygens (including phenoxy) is 1. The third kappa shape index (κ3) is 3.48. The van der Waals surface area contributed by atoms with Crippen LogP contribution in [0.2, 0.25) is 0 Å². The molecular formula is C18H21N3O3. The van der Waals surface area contributed by atoms with E-state index in [9.17, 15) is 9.59 Å². The molecule has 1 N–H and O–H groups in total. The molecule has 6 nitrogen and oxygen atoms in total. The fourth-order valence-corrected chi connectivity index (χ4v) is 2.96. The number of aryl methyl sites for hydroxylation is 3. The van der Waals surface area contributed by atoms with Crippen molar-refractivity contribution >= 4 is 11.9 Å². The van der Waals surface area contributed by atoms with Crippen molar-refractivity contribution in [2.75, 3.05) is 6.61 Å². The molecule has 2 aromatic rings. The zero-order valence-corrected chi connectivity index (χ0v) is 14.1.